The van der Waals surface area contributed by atoms with E-state index in [-0.39, 0.29) is 24.4 Å². The van der Waals surface area contributed by atoms with Crippen molar-refractivity contribution in [2.75, 3.05) is 46.4 Å². The second-order valence-electron chi connectivity index (χ2n) is 26.2. The molecule has 1 aliphatic carbocycles. The summed E-state index contributed by atoms with van der Waals surface area (Å²) in [6.07, 6.45) is -9.72. The van der Waals surface area contributed by atoms with Gasteiger partial charge in [-0.15, -0.1) is 0 Å². The number of hydrogen-bond donors (Lipinski definition) is 8. The third-order valence-electron chi connectivity index (χ3n) is 13.5. The summed E-state index contributed by atoms with van der Waals surface area (Å²) in [6, 6.07) is -4.82. The fraction of sp³-hybridized carbons (Fsp3) is 0.863. The molecule has 0 aromatic rings. The van der Waals surface area contributed by atoms with Crippen molar-refractivity contribution in [1.29, 1.82) is 0 Å². The van der Waals surface area contributed by atoms with E-state index in [2.05, 4.69) is 55.1 Å². The van der Waals surface area contributed by atoms with Crippen molar-refractivity contribution in [3.8, 4) is 0 Å². The van der Waals surface area contributed by atoms with Crippen molar-refractivity contribution < 1.29 is 82.0 Å². The molecule has 11 atom stereocenters. The normalized spacial score (nSPS) is 29.6. The number of aliphatic hydroxyl groups excluding tert-OH is 2. The highest BCUT2D eigenvalue weighted by Crippen LogP contribution is 2.40. The molecule has 23 nitrogen and oxygen atoms in total. The van der Waals surface area contributed by atoms with Crippen LogP contribution in [0.5, 0.6) is 0 Å². The summed E-state index contributed by atoms with van der Waals surface area (Å²) < 4.78 is 48.0. The number of hydrogen-bond acceptors (Lipinski definition) is 18. The number of ether oxygens (including phenoxy) is 7. The van der Waals surface area contributed by atoms with E-state index in [4.69, 9.17) is 37.6 Å². The second-order valence-corrected chi connectivity index (χ2v) is 31.0. The molecule has 8 N–H and O–H groups in total. The maximum Gasteiger partial charge on any atom is 0.410 e. The average Bonchev–Trinajstić information content (AvgIpc) is 3.19. The Morgan fingerprint density at radius 1 is 0.773 bits per heavy atom. The molecule has 75 heavy (non-hydrogen) atoms. The van der Waals surface area contributed by atoms with Crippen LogP contribution in [0, 0.1) is 5.92 Å². The van der Waals surface area contributed by atoms with Gasteiger partial charge in [-0.25, -0.2) is 19.2 Å². The molecule has 4 rings (SSSR count). The Kier molecular flexibility index (Phi) is 19.9. The molecular weight excluding hydrogens is 997 g/mol. The smallest absolute Gasteiger partial charge is 0.410 e. The van der Waals surface area contributed by atoms with Crippen LogP contribution in [0.3, 0.4) is 0 Å². The standard InChI is InChI=1S/C51H92N6O17Si/c1-45(2,3)71-41(61)54-30-21-20-29(25-52-22-23-68-75(18,19)49(13,14)15)69-36(30)33-31(55-42(62)72-46(4,5)6)24-32(53-40(60)51(66)26-57(27-51)44(64)74-48(10,11)12)37(34(33)58)70-39-35(59)38(50(16,65)28-67-39)56(17)43(63)73-47(7,8)9/h20,30-39,52,58-59,65-66H,21-28H2,1-19H3,(H,53,60)(H,54,61)(H,55,62)/t30-,31+,32-,33?,34+,35-,36+,37+,38-,39-,50+/m1/s1. The zero-order valence-corrected chi connectivity index (χ0v) is 49.0. The highest BCUT2D eigenvalue weighted by atomic mass is 28.4. The third kappa shape index (κ3) is 17.8. The molecule has 1 unspecified atom stereocenters. The number of aliphatic hydroxyl groups is 4. The minimum atomic E-state index is -2.14. The lowest BCUT2D eigenvalue weighted by Crippen LogP contribution is -2.74. The number of nitrogens with zero attached hydrogens (tertiary/aromatic N) is 2. The molecule has 4 aliphatic rings. The predicted molar refractivity (Wildman–Crippen MR) is 278 cm³/mol. The van der Waals surface area contributed by atoms with Crippen LogP contribution in [0.15, 0.2) is 11.8 Å². The molecular formula is C51H92N6O17Si. The maximum absolute atomic E-state index is 14.3. The zero-order chi connectivity index (χ0) is 57.2. The molecule has 2 saturated heterocycles. The van der Waals surface area contributed by atoms with Crippen LogP contribution in [0.4, 0.5) is 19.2 Å². The van der Waals surface area contributed by atoms with E-state index in [1.54, 1.807) is 89.2 Å². The Balaban J connectivity index is 1.80. The first-order valence-corrected chi connectivity index (χ1v) is 28.9. The van der Waals surface area contributed by atoms with Gasteiger partial charge >= 0.3 is 24.4 Å². The molecule has 0 radical (unpaired) electrons. The number of likely N-dealkylation sites (tertiary alicyclic amines) is 1. The van der Waals surface area contributed by atoms with Gasteiger partial charge in [-0.2, -0.15) is 0 Å². The molecule has 1 saturated carbocycles. The van der Waals surface area contributed by atoms with Crippen molar-refractivity contribution in [1.82, 2.24) is 31.1 Å². The van der Waals surface area contributed by atoms with Crippen LogP contribution in [0.25, 0.3) is 0 Å². The summed E-state index contributed by atoms with van der Waals surface area (Å²) in [6.45, 7) is 31.9. The van der Waals surface area contributed by atoms with Gasteiger partial charge in [0.2, 0.25) is 0 Å². The fourth-order valence-corrected chi connectivity index (χ4v) is 10.0. The lowest BCUT2D eigenvalue weighted by Gasteiger charge is -2.52. The van der Waals surface area contributed by atoms with Crippen LogP contribution in [0.1, 0.15) is 124 Å². The lowest BCUT2D eigenvalue weighted by atomic mass is 9.72. The van der Waals surface area contributed by atoms with Gasteiger partial charge in [-0.05, 0) is 127 Å². The number of amides is 5. The van der Waals surface area contributed by atoms with E-state index in [0.717, 1.165) is 9.80 Å². The Morgan fingerprint density at radius 2 is 1.31 bits per heavy atom. The van der Waals surface area contributed by atoms with Crippen LogP contribution < -0.4 is 21.3 Å². The number of carbonyl (C=O) groups excluding carboxylic acids is 5. The van der Waals surface area contributed by atoms with Gasteiger partial charge in [0.15, 0.2) is 20.2 Å². The summed E-state index contributed by atoms with van der Waals surface area (Å²) in [5, 5.41) is 60.3. The van der Waals surface area contributed by atoms with E-state index < -0.39 is 153 Å². The predicted octanol–water partition coefficient (Wildman–Crippen LogP) is 3.99. The minimum Gasteiger partial charge on any atom is -0.491 e. The molecule has 0 spiro atoms. The van der Waals surface area contributed by atoms with Gasteiger partial charge < -0.3 is 89.1 Å². The summed E-state index contributed by atoms with van der Waals surface area (Å²) >= 11 is 0. The molecule has 5 amide bonds. The number of alkyl carbamates (subject to hydrolysis) is 2. The molecule has 0 aromatic carbocycles. The Morgan fingerprint density at radius 3 is 1.83 bits per heavy atom. The van der Waals surface area contributed by atoms with Gasteiger partial charge in [-0.1, -0.05) is 20.8 Å². The van der Waals surface area contributed by atoms with Crippen molar-refractivity contribution in [2.45, 2.75) is 230 Å². The van der Waals surface area contributed by atoms with E-state index in [9.17, 15) is 44.4 Å². The van der Waals surface area contributed by atoms with Gasteiger partial charge in [0.25, 0.3) is 5.91 Å². The summed E-state index contributed by atoms with van der Waals surface area (Å²) in [4.78, 5) is 70.3. The molecule has 3 heterocycles. The summed E-state index contributed by atoms with van der Waals surface area (Å²) in [7, 11) is -0.723. The van der Waals surface area contributed by atoms with E-state index >= 15 is 0 Å². The highest BCUT2D eigenvalue weighted by molar-refractivity contribution is 6.74. The lowest BCUT2D eigenvalue weighted by molar-refractivity contribution is -0.306. The topological polar surface area (TPSA) is 295 Å². The molecule has 3 aliphatic heterocycles. The van der Waals surface area contributed by atoms with Crippen molar-refractivity contribution >= 4 is 38.6 Å². The van der Waals surface area contributed by atoms with Crippen LogP contribution in [-0.4, -0.2) is 204 Å². The first-order valence-electron chi connectivity index (χ1n) is 25.9. The maximum atomic E-state index is 14.3. The summed E-state index contributed by atoms with van der Waals surface area (Å²) in [5.74, 6) is -1.76. The van der Waals surface area contributed by atoms with Crippen LogP contribution >= 0.6 is 0 Å². The van der Waals surface area contributed by atoms with Gasteiger partial charge in [0.1, 0.15) is 52.1 Å². The largest absolute Gasteiger partial charge is 0.491 e. The van der Waals surface area contributed by atoms with E-state index in [1.165, 1.54) is 14.0 Å². The number of carbonyl (C=O) groups is 5. The van der Waals surface area contributed by atoms with E-state index in [0.29, 0.717) is 18.9 Å². The Bertz CT molecular complexity index is 2030. The molecule has 432 valence electrons. The van der Waals surface area contributed by atoms with Crippen molar-refractivity contribution in [2.24, 2.45) is 5.92 Å². The number of β-amino-alcohol motifs (C(OH)–C–C–N with tert-alkyl or cyclic N) is 1. The van der Waals surface area contributed by atoms with Crippen LogP contribution in [-0.2, 0) is 42.4 Å². The average molecular weight is 1090 g/mol. The van der Waals surface area contributed by atoms with Gasteiger partial charge in [0.05, 0.1) is 50.5 Å². The van der Waals surface area contributed by atoms with Gasteiger partial charge in [-0.3, -0.25) is 4.79 Å². The molecule has 3 fully saturated rings. The SMILES string of the molecule is CN(C(=O)OC(C)(C)C)[C@@H]1[C@@H](O)[C@@H](O[C@H]2[C@H](NC(=O)C3(O)CN(C(=O)OC(C)(C)C)C3)C[C@H](NC(=O)OC(C)(C)C)C([C@H]3OC(CNCCO[Si](C)(C)C(C)(C)C)=CC[C@H]3NC(=O)OC(C)(C)C)[C@@H]2O)OC[C@]1(C)O. The quantitative estimate of drug-likeness (QED) is 0.0693. The minimum absolute atomic E-state index is 0.00204. The first kappa shape index (κ1) is 63.5. The summed E-state index contributed by atoms with van der Waals surface area (Å²) in [5.41, 5.74) is -7.72. The zero-order valence-electron chi connectivity index (χ0n) is 48.0. The van der Waals surface area contributed by atoms with Crippen molar-refractivity contribution in [3.05, 3.63) is 11.8 Å². The first-order chi connectivity index (χ1) is 33.9. The number of likely N-dealkylation sites (N-methyl/N-ethyl adjacent to an activating group) is 1. The number of nitrogens with one attached hydrogen (secondary N) is 4. The molecule has 24 heteroatoms. The Labute approximate surface area is 444 Å². The number of rotatable bonds is 14. The third-order valence-corrected chi connectivity index (χ3v) is 18.0. The van der Waals surface area contributed by atoms with E-state index in [1.807, 2.05) is 0 Å². The fourth-order valence-electron chi connectivity index (χ4n) is 8.99. The van der Waals surface area contributed by atoms with Crippen molar-refractivity contribution in [3.63, 3.8) is 0 Å². The monoisotopic (exact) mass is 1090 g/mol. The Hall–Kier alpha value is -4.01. The highest BCUT2D eigenvalue weighted by Gasteiger charge is 2.58. The second kappa shape index (κ2) is 23.5. The van der Waals surface area contributed by atoms with Gasteiger partial charge in [0, 0.05) is 32.2 Å². The molecule has 0 aromatic heterocycles. The molecule has 0 bridgehead atoms. The van der Waals surface area contributed by atoms with Crippen LogP contribution in [0.2, 0.25) is 18.1 Å².